The summed E-state index contributed by atoms with van der Waals surface area (Å²) in [4.78, 5) is 0. The molecule has 1 saturated carbocycles. The lowest BCUT2D eigenvalue weighted by Crippen LogP contribution is -2.10. The predicted octanol–water partition coefficient (Wildman–Crippen LogP) is 1.72. The molecule has 1 aromatic rings. The summed E-state index contributed by atoms with van der Waals surface area (Å²) in [5.74, 6) is -3.39. The first kappa shape index (κ1) is 8.62. The van der Waals surface area contributed by atoms with Crippen molar-refractivity contribution in [3.8, 4) is 0 Å². The van der Waals surface area contributed by atoms with Gasteiger partial charge in [0.2, 0.25) is 0 Å². The molecular formula is C8H9F2N2O. The van der Waals surface area contributed by atoms with Crippen LogP contribution in [0.3, 0.4) is 0 Å². The molecule has 0 saturated heterocycles. The molecular weight excluding hydrogens is 178 g/mol. The molecule has 0 amide bonds. The lowest BCUT2D eigenvalue weighted by Gasteiger charge is -2.08. The van der Waals surface area contributed by atoms with Crippen molar-refractivity contribution in [3.05, 3.63) is 18.0 Å². The van der Waals surface area contributed by atoms with E-state index in [0.717, 1.165) is 0 Å². The van der Waals surface area contributed by atoms with E-state index in [4.69, 9.17) is 0 Å². The fourth-order valence-electron chi connectivity index (χ4n) is 1.77. The summed E-state index contributed by atoms with van der Waals surface area (Å²) in [6.45, 7) is 0. The summed E-state index contributed by atoms with van der Waals surface area (Å²) in [6.07, 6.45) is 0.852. The first-order valence-corrected chi connectivity index (χ1v) is 4.11. The van der Waals surface area contributed by atoms with Crippen LogP contribution in [0.15, 0.2) is 12.4 Å². The van der Waals surface area contributed by atoms with Gasteiger partial charge in [0.1, 0.15) is 6.10 Å². The van der Waals surface area contributed by atoms with Crippen molar-refractivity contribution in [1.29, 1.82) is 0 Å². The number of rotatable bonds is 1. The van der Waals surface area contributed by atoms with Gasteiger partial charge < -0.3 is 0 Å². The summed E-state index contributed by atoms with van der Waals surface area (Å²) in [6, 6.07) is 0. The zero-order valence-electron chi connectivity index (χ0n) is 6.84. The predicted molar refractivity (Wildman–Crippen MR) is 40.0 cm³/mol. The van der Waals surface area contributed by atoms with Crippen LogP contribution in [0.25, 0.3) is 0 Å². The number of alkyl halides is 2. The molecule has 1 aliphatic carbocycles. The zero-order valence-corrected chi connectivity index (χ0v) is 6.84. The van der Waals surface area contributed by atoms with E-state index in [1.54, 1.807) is 0 Å². The van der Waals surface area contributed by atoms with Crippen LogP contribution in [0.2, 0.25) is 0 Å². The molecule has 0 aliphatic heterocycles. The Balaban J connectivity index is 2.19. The Labute approximate surface area is 73.8 Å². The van der Waals surface area contributed by atoms with Crippen molar-refractivity contribution in [2.45, 2.75) is 30.8 Å². The highest BCUT2D eigenvalue weighted by molar-refractivity contribution is 5.16. The van der Waals surface area contributed by atoms with Gasteiger partial charge in [0, 0.05) is 25.0 Å². The van der Waals surface area contributed by atoms with Crippen molar-refractivity contribution >= 4 is 0 Å². The summed E-state index contributed by atoms with van der Waals surface area (Å²) in [5, 5.41) is 17.4. The van der Waals surface area contributed by atoms with Crippen LogP contribution in [-0.2, 0) is 5.11 Å². The Kier molecular flexibility index (Phi) is 1.83. The van der Waals surface area contributed by atoms with Crippen LogP contribution in [0, 0.1) is 0 Å². The number of aromatic nitrogens is 2. The van der Waals surface area contributed by atoms with Gasteiger partial charge in [-0.1, -0.05) is 0 Å². The Morgan fingerprint density at radius 1 is 1.54 bits per heavy atom. The first-order chi connectivity index (χ1) is 6.08. The maximum absolute atomic E-state index is 12.8. The van der Waals surface area contributed by atoms with E-state index in [-0.39, 0.29) is 6.42 Å². The largest absolute Gasteiger partial charge is 0.285 e. The zero-order chi connectivity index (χ0) is 9.47. The Bertz CT molecular complexity index is 286. The van der Waals surface area contributed by atoms with Gasteiger partial charge in [-0.3, -0.25) is 5.10 Å². The van der Waals surface area contributed by atoms with Crippen molar-refractivity contribution < 1.29 is 13.9 Å². The molecule has 2 atom stereocenters. The number of hydrogen-bond acceptors (Lipinski definition) is 1. The van der Waals surface area contributed by atoms with Crippen LogP contribution in [0.4, 0.5) is 8.78 Å². The van der Waals surface area contributed by atoms with E-state index >= 15 is 0 Å². The Morgan fingerprint density at radius 2 is 2.31 bits per heavy atom. The molecule has 2 unspecified atom stereocenters. The molecule has 1 aliphatic rings. The van der Waals surface area contributed by atoms with Gasteiger partial charge in [-0.25, -0.2) is 13.9 Å². The normalized spacial score (nSPS) is 32.2. The minimum Gasteiger partial charge on any atom is -0.285 e. The van der Waals surface area contributed by atoms with E-state index in [2.05, 4.69) is 10.2 Å². The number of nitrogens with zero attached hydrogens (tertiary/aromatic N) is 1. The highest BCUT2D eigenvalue weighted by Gasteiger charge is 2.47. The smallest absolute Gasteiger partial charge is 0.251 e. The molecule has 0 bridgehead atoms. The number of aromatic amines is 1. The van der Waals surface area contributed by atoms with E-state index < -0.39 is 24.4 Å². The topological polar surface area (TPSA) is 48.6 Å². The van der Waals surface area contributed by atoms with Crippen LogP contribution >= 0.6 is 0 Å². The molecule has 1 heterocycles. The molecule has 1 aromatic heterocycles. The van der Waals surface area contributed by atoms with Gasteiger partial charge in [-0.2, -0.15) is 5.10 Å². The van der Waals surface area contributed by atoms with Crippen molar-refractivity contribution in [1.82, 2.24) is 10.2 Å². The van der Waals surface area contributed by atoms with Crippen LogP contribution in [0.1, 0.15) is 24.3 Å². The van der Waals surface area contributed by atoms with E-state index in [0.29, 0.717) is 5.56 Å². The molecule has 5 heteroatoms. The molecule has 0 aromatic carbocycles. The first-order valence-electron chi connectivity index (χ1n) is 4.11. The minimum absolute atomic E-state index is 0.347. The van der Waals surface area contributed by atoms with E-state index in [1.165, 1.54) is 12.4 Å². The van der Waals surface area contributed by atoms with Gasteiger partial charge in [0.15, 0.2) is 0 Å². The molecule has 13 heavy (non-hydrogen) atoms. The second-order valence-corrected chi connectivity index (χ2v) is 3.44. The van der Waals surface area contributed by atoms with E-state index in [9.17, 15) is 13.9 Å². The van der Waals surface area contributed by atoms with Crippen LogP contribution in [0.5, 0.6) is 0 Å². The maximum Gasteiger partial charge on any atom is 0.251 e. The summed E-state index contributed by atoms with van der Waals surface area (Å²) in [5.41, 5.74) is 0.595. The highest BCUT2D eigenvalue weighted by atomic mass is 19.3. The van der Waals surface area contributed by atoms with Gasteiger partial charge >= 0.3 is 0 Å². The monoisotopic (exact) mass is 187 g/mol. The Morgan fingerprint density at radius 3 is 2.77 bits per heavy atom. The van der Waals surface area contributed by atoms with Crippen LogP contribution < -0.4 is 0 Å². The van der Waals surface area contributed by atoms with Crippen LogP contribution in [-0.4, -0.2) is 22.2 Å². The Hall–Kier alpha value is -0.970. The molecule has 71 valence electrons. The van der Waals surface area contributed by atoms with E-state index in [1.807, 2.05) is 0 Å². The second kappa shape index (κ2) is 2.77. The average Bonchev–Trinajstić information content (AvgIpc) is 2.56. The molecule has 3 nitrogen and oxygen atoms in total. The summed E-state index contributed by atoms with van der Waals surface area (Å²) < 4.78 is 25.6. The second-order valence-electron chi connectivity index (χ2n) is 3.44. The number of hydrogen-bond donors (Lipinski definition) is 1. The number of nitrogens with one attached hydrogen (secondary N) is 1. The third-order valence-electron chi connectivity index (χ3n) is 2.41. The lowest BCUT2D eigenvalue weighted by molar-refractivity contribution is -0.0135. The quantitative estimate of drug-likeness (QED) is 0.714. The van der Waals surface area contributed by atoms with Gasteiger partial charge in [0.25, 0.3) is 5.92 Å². The summed E-state index contributed by atoms with van der Waals surface area (Å²) in [7, 11) is 0. The van der Waals surface area contributed by atoms with Crippen molar-refractivity contribution in [2.75, 3.05) is 0 Å². The van der Waals surface area contributed by atoms with Crippen molar-refractivity contribution in [2.24, 2.45) is 0 Å². The summed E-state index contributed by atoms with van der Waals surface area (Å²) >= 11 is 0. The third kappa shape index (κ3) is 1.56. The minimum atomic E-state index is -2.80. The third-order valence-corrected chi connectivity index (χ3v) is 2.41. The molecule has 1 fully saturated rings. The highest BCUT2D eigenvalue weighted by Crippen LogP contribution is 2.44. The average molecular weight is 187 g/mol. The number of H-pyrrole nitrogens is 1. The fourth-order valence-corrected chi connectivity index (χ4v) is 1.77. The molecule has 2 rings (SSSR count). The van der Waals surface area contributed by atoms with Crippen molar-refractivity contribution in [3.63, 3.8) is 0 Å². The molecule has 1 N–H and O–H groups in total. The van der Waals surface area contributed by atoms with Gasteiger partial charge in [-0.05, 0) is 5.56 Å². The SMILES string of the molecule is [O]C1CC(F)(F)CC1c1cn[nH]c1. The molecule has 1 radical (unpaired) electrons. The number of halogens is 2. The fraction of sp³-hybridized carbons (Fsp3) is 0.625. The van der Waals surface area contributed by atoms with Gasteiger partial charge in [-0.15, -0.1) is 0 Å². The van der Waals surface area contributed by atoms with Gasteiger partial charge in [0.05, 0.1) is 6.20 Å². The maximum atomic E-state index is 12.8. The molecule has 0 spiro atoms. The lowest BCUT2D eigenvalue weighted by atomic mass is 9.99. The standard InChI is InChI=1S/C8H9F2N2O/c9-8(10)1-6(7(13)2-8)5-3-11-12-4-5/h3-4,6-7H,1-2H2,(H,11,12).